The van der Waals surface area contributed by atoms with Crippen molar-refractivity contribution >= 4 is 57.6 Å². The van der Waals surface area contributed by atoms with Crippen LogP contribution < -0.4 is 34.3 Å². The van der Waals surface area contributed by atoms with Gasteiger partial charge in [0.1, 0.15) is 10.6 Å². The average Bonchev–Trinajstić information content (AvgIpc) is 2.93. The van der Waals surface area contributed by atoms with Crippen molar-refractivity contribution in [3.05, 3.63) is 59.9 Å². The second kappa shape index (κ2) is 9.17. The second-order valence-corrected chi connectivity index (χ2v) is 9.77. The van der Waals surface area contributed by atoms with Crippen molar-refractivity contribution in [2.75, 3.05) is 7.11 Å². The molecule has 0 amide bonds. The zero-order chi connectivity index (χ0) is 17.2. The molecule has 1 aromatic carbocycles. The monoisotopic (exact) mass is 414 g/mol. The van der Waals surface area contributed by atoms with E-state index in [0.29, 0.717) is 3.53 Å². The Morgan fingerprint density at radius 2 is 1.88 bits per heavy atom. The van der Waals surface area contributed by atoms with E-state index in [0.717, 1.165) is 22.6 Å². The van der Waals surface area contributed by atoms with Gasteiger partial charge in [-0.2, -0.15) is 0 Å². The number of thioether (sulfide) groups is 2. The van der Waals surface area contributed by atoms with Crippen molar-refractivity contribution in [2.24, 2.45) is 4.99 Å². The molecule has 2 aromatic rings. The molecular formula is C17H15N2NaOS4. The molecule has 0 saturated heterocycles. The molecule has 1 aromatic heterocycles. The third-order valence-corrected chi connectivity index (χ3v) is 6.71. The van der Waals surface area contributed by atoms with E-state index >= 15 is 0 Å². The van der Waals surface area contributed by atoms with Crippen LogP contribution in [0.2, 0.25) is 0 Å². The summed E-state index contributed by atoms with van der Waals surface area (Å²) < 4.78 is 5.83. The summed E-state index contributed by atoms with van der Waals surface area (Å²) in [4.78, 5) is 8.74. The number of aromatic nitrogens is 1. The minimum absolute atomic E-state index is 0. The van der Waals surface area contributed by atoms with Gasteiger partial charge in [0.25, 0.3) is 0 Å². The van der Waals surface area contributed by atoms with Crippen LogP contribution >= 0.6 is 35.7 Å². The third-order valence-electron chi connectivity index (χ3n) is 3.70. The van der Waals surface area contributed by atoms with Crippen molar-refractivity contribution in [1.82, 2.24) is 4.98 Å². The summed E-state index contributed by atoms with van der Waals surface area (Å²) in [7, 11) is 1.66. The third kappa shape index (κ3) is 4.97. The Hall–Kier alpha value is -0.150. The Balaban J connectivity index is 0.00000225. The molecule has 0 bridgehead atoms. The van der Waals surface area contributed by atoms with Gasteiger partial charge in [-0.05, 0) is 36.8 Å². The van der Waals surface area contributed by atoms with Crippen LogP contribution in [-0.2, 0) is 17.5 Å². The molecule has 0 fully saturated rings. The van der Waals surface area contributed by atoms with E-state index in [4.69, 9.17) is 34.6 Å². The van der Waals surface area contributed by atoms with Gasteiger partial charge in [0.2, 0.25) is 0 Å². The summed E-state index contributed by atoms with van der Waals surface area (Å²) in [5, 5.41) is 0. The van der Waals surface area contributed by atoms with E-state index in [-0.39, 0.29) is 39.0 Å². The zero-order valence-corrected chi connectivity index (χ0v) is 19.4. The van der Waals surface area contributed by atoms with Crippen LogP contribution in [0.15, 0.2) is 53.8 Å². The molecule has 0 radical (unpaired) electrons. The molecule has 0 N–H and O–H groups in total. The number of pyridine rings is 1. The molecule has 0 spiro atoms. The predicted molar refractivity (Wildman–Crippen MR) is 110 cm³/mol. The van der Waals surface area contributed by atoms with Gasteiger partial charge in [0, 0.05) is 18.0 Å². The van der Waals surface area contributed by atoms with E-state index in [9.17, 15) is 0 Å². The normalized spacial score (nSPS) is 22.0. The number of benzene rings is 1. The van der Waals surface area contributed by atoms with Crippen molar-refractivity contribution in [1.29, 1.82) is 0 Å². The van der Waals surface area contributed by atoms with Crippen molar-refractivity contribution in [3.8, 4) is 5.75 Å². The summed E-state index contributed by atoms with van der Waals surface area (Å²) in [5.74, 6) is 0.835. The smallest absolute Gasteiger partial charge is 0.497 e. The second-order valence-electron chi connectivity index (χ2n) is 5.26. The SMILES string of the molecule is COc1ccc(C2(C)N=C(c3ccncc3)C(SC(=S)[S-])S2)cc1.[Na+]. The maximum Gasteiger partial charge on any atom is 1.00 e. The fourth-order valence-corrected chi connectivity index (χ4v) is 6.10. The molecule has 3 rings (SSSR count). The first kappa shape index (κ1) is 21.2. The number of rotatable bonds is 4. The number of aliphatic imine (C=N–C) groups is 1. The van der Waals surface area contributed by atoms with Crippen LogP contribution in [0, 0.1) is 0 Å². The van der Waals surface area contributed by atoms with Gasteiger partial charge in [-0.1, -0.05) is 15.7 Å². The first-order valence-corrected chi connectivity index (χ1v) is 9.79. The number of hydrogen-bond donors (Lipinski definition) is 0. The van der Waals surface area contributed by atoms with E-state index < -0.39 is 0 Å². The summed E-state index contributed by atoms with van der Waals surface area (Å²) in [6.07, 6.45) is 3.55. The molecule has 0 aliphatic carbocycles. The van der Waals surface area contributed by atoms with Crippen LogP contribution in [0.5, 0.6) is 5.75 Å². The van der Waals surface area contributed by atoms with Gasteiger partial charge in [0.05, 0.1) is 17.4 Å². The van der Waals surface area contributed by atoms with E-state index in [2.05, 4.69) is 24.0 Å². The number of ether oxygens (including phenoxy) is 1. The fraction of sp³-hybridized carbons (Fsp3) is 0.235. The molecule has 8 heteroatoms. The molecule has 25 heavy (non-hydrogen) atoms. The number of methoxy groups -OCH3 is 1. The Morgan fingerprint density at radius 3 is 2.44 bits per heavy atom. The van der Waals surface area contributed by atoms with Crippen molar-refractivity contribution in [2.45, 2.75) is 16.4 Å². The Bertz CT molecular complexity index is 770. The molecule has 2 atom stereocenters. The van der Waals surface area contributed by atoms with Crippen molar-refractivity contribution < 1.29 is 34.3 Å². The van der Waals surface area contributed by atoms with Crippen LogP contribution in [0.4, 0.5) is 0 Å². The first-order valence-electron chi connectivity index (χ1n) is 7.22. The average molecular weight is 415 g/mol. The molecule has 1 aliphatic rings. The van der Waals surface area contributed by atoms with Crippen molar-refractivity contribution in [3.63, 3.8) is 0 Å². The quantitative estimate of drug-likeness (QED) is 0.427. The maximum absolute atomic E-state index is 5.24. The minimum Gasteiger partial charge on any atom is -0.497 e. The van der Waals surface area contributed by atoms with Gasteiger partial charge in [-0.25, -0.2) is 0 Å². The van der Waals surface area contributed by atoms with E-state index in [1.165, 1.54) is 11.8 Å². The molecule has 2 heterocycles. The Labute approximate surface area is 189 Å². The van der Waals surface area contributed by atoms with E-state index in [1.807, 2.05) is 24.3 Å². The number of hydrogen-bond acceptors (Lipinski definition) is 7. The fourth-order valence-electron chi connectivity index (χ4n) is 2.50. The molecular weight excluding hydrogens is 399 g/mol. The van der Waals surface area contributed by atoms with Gasteiger partial charge in [-0.15, -0.1) is 23.5 Å². The van der Waals surface area contributed by atoms with E-state index in [1.54, 1.807) is 31.3 Å². The van der Waals surface area contributed by atoms with Gasteiger partial charge >= 0.3 is 29.6 Å². The minimum atomic E-state index is -0.386. The first-order chi connectivity index (χ1) is 11.5. The molecule has 124 valence electrons. The molecule has 2 unspecified atom stereocenters. The summed E-state index contributed by atoms with van der Waals surface area (Å²) in [5.41, 5.74) is 3.18. The summed E-state index contributed by atoms with van der Waals surface area (Å²) in [6, 6.07) is 12.0. The van der Waals surface area contributed by atoms with Gasteiger partial charge in [0.15, 0.2) is 0 Å². The number of thiocarbonyl (C=S) groups is 1. The Kier molecular flexibility index (Phi) is 7.76. The maximum atomic E-state index is 5.24. The van der Waals surface area contributed by atoms with Crippen LogP contribution in [0.3, 0.4) is 0 Å². The number of nitrogens with zero attached hydrogens (tertiary/aromatic N) is 2. The standard InChI is InChI=1S/C17H16N2OS4.Na/c1-17(12-3-5-13(20-2)6-4-12)19-14(11-7-9-18-10-8-11)15(24-17)23-16(21)22;/h3-10,15H,1-2H3,(H,21,22);/q;+1/p-1. The van der Waals surface area contributed by atoms with Gasteiger partial charge in [-0.3, -0.25) is 9.98 Å². The Morgan fingerprint density at radius 1 is 1.24 bits per heavy atom. The molecule has 3 nitrogen and oxygen atoms in total. The predicted octanol–water partition coefficient (Wildman–Crippen LogP) is 1.39. The molecule has 0 saturated carbocycles. The summed E-state index contributed by atoms with van der Waals surface area (Å²) in [6.45, 7) is 2.12. The molecule has 1 aliphatic heterocycles. The zero-order valence-electron chi connectivity index (χ0n) is 14.1. The van der Waals surface area contributed by atoms with Gasteiger partial charge < -0.3 is 29.6 Å². The van der Waals surface area contributed by atoms with Crippen LogP contribution in [-0.4, -0.2) is 25.9 Å². The summed E-state index contributed by atoms with van der Waals surface area (Å²) >= 11 is 13.5. The largest absolute Gasteiger partial charge is 1.00 e. The van der Waals surface area contributed by atoms with Crippen LogP contribution in [0.1, 0.15) is 18.1 Å². The topological polar surface area (TPSA) is 34.5 Å². The van der Waals surface area contributed by atoms with Crippen LogP contribution in [0.25, 0.3) is 0 Å².